The summed E-state index contributed by atoms with van der Waals surface area (Å²) in [5.74, 6) is -0.268. The summed E-state index contributed by atoms with van der Waals surface area (Å²) in [6.45, 7) is 0.323. The van der Waals surface area contributed by atoms with Gasteiger partial charge in [0.05, 0.1) is 17.7 Å². The Bertz CT molecular complexity index is 710. The standard InChI is InChI=1S/C17H15ClN2O2/c18-15-6-2-4-13(10-15)16(21)7-8-20-17(22)14-5-1-3-12(9-14)11-19/h1-6,9-10,16,21H,7-8H2,(H,20,22)/t16-/m1/s1. The number of aliphatic hydroxyl groups is 1. The van der Waals surface area contributed by atoms with Gasteiger partial charge in [-0.25, -0.2) is 0 Å². The Morgan fingerprint density at radius 3 is 2.77 bits per heavy atom. The molecule has 0 heterocycles. The van der Waals surface area contributed by atoms with Crippen molar-refractivity contribution >= 4 is 17.5 Å². The van der Waals surface area contributed by atoms with Crippen molar-refractivity contribution in [3.8, 4) is 6.07 Å². The van der Waals surface area contributed by atoms with E-state index in [0.717, 1.165) is 0 Å². The van der Waals surface area contributed by atoms with Crippen LogP contribution in [-0.2, 0) is 0 Å². The minimum absolute atomic E-state index is 0.268. The highest BCUT2D eigenvalue weighted by molar-refractivity contribution is 6.30. The minimum atomic E-state index is -0.690. The molecule has 0 aromatic heterocycles. The zero-order chi connectivity index (χ0) is 15.9. The van der Waals surface area contributed by atoms with Crippen LogP contribution in [0.2, 0.25) is 5.02 Å². The molecule has 2 aromatic carbocycles. The van der Waals surface area contributed by atoms with E-state index in [1.165, 1.54) is 6.07 Å². The number of amides is 1. The molecule has 1 amide bonds. The van der Waals surface area contributed by atoms with Gasteiger partial charge in [-0.1, -0.05) is 29.8 Å². The van der Waals surface area contributed by atoms with Crippen molar-refractivity contribution in [2.45, 2.75) is 12.5 Å². The lowest BCUT2D eigenvalue weighted by molar-refractivity contribution is 0.0942. The van der Waals surface area contributed by atoms with Gasteiger partial charge in [-0.15, -0.1) is 0 Å². The topological polar surface area (TPSA) is 73.1 Å². The lowest BCUT2D eigenvalue weighted by Gasteiger charge is -2.12. The second-order valence-corrected chi connectivity index (χ2v) is 5.24. The second-order valence-electron chi connectivity index (χ2n) is 4.81. The van der Waals surface area contributed by atoms with Crippen LogP contribution in [0, 0.1) is 11.3 Å². The number of rotatable bonds is 5. The fourth-order valence-corrected chi connectivity index (χ4v) is 2.23. The molecule has 0 aliphatic rings. The smallest absolute Gasteiger partial charge is 0.251 e. The molecule has 0 spiro atoms. The van der Waals surface area contributed by atoms with Crippen LogP contribution in [0.1, 0.15) is 34.0 Å². The van der Waals surface area contributed by atoms with E-state index in [2.05, 4.69) is 5.32 Å². The Hall–Kier alpha value is -2.35. The highest BCUT2D eigenvalue weighted by Gasteiger charge is 2.10. The molecule has 0 unspecified atom stereocenters. The third-order valence-electron chi connectivity index (χ3n) is 3.19. The van der Waals surface area contributed by atoms with E-state index in [0.29, 0.717) is 34.7 Å². The van der Waals surface area contributed by atoms with Gasteiger partial charge in [0.1, 0.15) is 0 Å². The number of hydrogen-bond acceptors (Lipinski definition) is 3. The fraction of sp³-hybridized carbons (Fsp3) is 0.176. The molecule has 0 bridgehead atoms. The molecule has 4 nitrogen and oxygen atoms in total. The summed E-state index contributed by atoms with van der Waals surface area (Å²) in [7, 11) is 0. The monoisotopic (exact) mass is 314 g/mol. The number of carbonyl (C=O) groups is 1. The first-order valence-corrected chi connectivity index (χ1v) is 7.20. The molecule has 1 atom stereocenters. The van der Waals surface area contributed by atoms with Crippen LogP contribution in [0.4, 0.5) is 0 Å². The molecule has 0 aliphatic carbocycles. The molecule has 0 saturated carbocycles. The Kier molecular flexibility index (Phi) is 5.54. The summed E-state index contributed by atoms with van der Waals surface area (Å²) in [6, 6.07) is 15.5. The predicted octanol–water partition coefficient (Wildman–Crippen LogP) is 3.07. The Morgan fingerprint density at radius 2 is 2.05 bits per heavy atom. The number of nitriles is 1. The van der Waals surface area contributed by atoms with Crippen LogP contribution in [0.15, 0.2) is 48.5 Å². The van der Waals surface area contributed by atoms with Gasteiger partial charge in [-0.3, -0.25) is 4.79 Å². The zero-order valence-corrected chi connectivity index (χ0v) is 12.5. The van der Waals surface area contributed by atoms with E-state index >= 15 is 0 Å². The van der Waals surface area contributed by atoms with Crippen LogP contribution in [-0.4, -0.2) is 17.6 Å². The number of benzene rings is 2. The van der Waals surface area contributed by atoms with Gasteiger partial charge < -0.3 is 10.4 Å². The maximum atomic E-state index is 12.0. The highest BCUT2D eigenvalue weighted by atomic mass is 35.5. The number of aliphatic hydroxyl groups excluding tert-OH is 1. The average Bonchev–Trinajstić information content (AvgIpc) is 2.54. The Morgan fingerprint density at radius 1 is 1.27 bits per heavy atom. The second kappa shape index (κ2) is 7.60. The molecule has 2 aromatic rings. The summed E-state index contributed by atoms with van der Waals surface area (Å²) in [4.78, 5) is 12.0. The summed E-state index contributed by atoms with van der Waals surface area (Å²) < 4.78 is 0. The van der Waals surface area contributed by atoms with Crippen LogP contribution in [0.5, 0.6) is 0 Å². The quantitative estimate of drug-likeness (QED) is 0.890. The molecule has 0 radical (unpaired) electrons. The van der Waals surface area contributed by atoms with E-state index in [-0.39, 0.29) is 5.91 Å². The number of halogens is 1. The predicted molar refractivity (Wildman–Crippen MR) is 84.5 cm³/mol. The van der Waals surface area contributed by atoms with Crippen LogP contribution in [0.25, 0.3) is 0 Å². The largest absolute Gasteiger partial charge is 0.388 e. The van der Waals surface area contributed by atoms with E-state index in [1.54, 1.807) is 42.5 Å². The number of hydrogen-bond donors (Lipinski definition) is 2. The van der Waals surface area contributed by atoms with Crippen LogP contribution in [0.3, 0.4) is 0 Å². The molecular formula is C17H15ClN2O2. The molecule has 0 fully saturated rings. The lowest BCUT2D eigenvalue weighted by Crippen LogP contribution is -2.25. The van der Waals surface area contributed by atoms with Crippen molar-refractivity contribution < 1.29 is 9.90 Å². The van der Waals surface area contributed by atoms with Crippen LogP contribution >= 0.6 is 11.6 Å². The van der Waals surface area contributed by atoms with Gasteiger partial charge in [0.15, 0.2) is 0 Å². The molecule has 2 rings (SSSR count). The molecular weight excluding hydrogens is 300 g/mol. The van der Waals surface area contributed by atoms with Crippen molar-refractivity contribution in [1.29, 1.82) is 5.26 Å². The van der Waals surface area contributed by atoms with Gasteiger partial charge in [0.25, 0.3) is 5.91 Å². The Labute approximate surface area is 134 Å². The molecule has 0 aliphatic heterocycles. The number of nitrogens with one attached hydrogen (secondary N) is 1. The van der Waals surface area contributed by atoms with E-state index < -0.39 is 6.10 Å². The summed E-state index contributed by atoms with van der Waals surface area (Å²) in [5, 5.41) is 22.2. The molecule has 5 heteroatoms. The molecule has 22 heavy (non-hydrogen) atoms. The maximum Gasteiger partial charge on any atom is 0.251 e. The maximum absolute atomic E-state index is 12.0. The van der Waals surface area contributed by atoms with Crippen molar-refractivity contribution in [2.75, 3.05) is 6.54 Å². The summed E-state index contributed by atoms with van der Waals surface area (Å²) >= 11 is 5.87. The van der Waals surface area contributed by atoms with Crippen molar-refractivity contribution in [3.63, 3.8) is 0 Å². The van der Waals surface area contributed by atoms with Gasteiger partial charge in [-0.05, 0) is 42.3 Å². The first-order valence-electron chi connectivity index (χ1n) is 6.82. The zero-order valence-electron chi connectivity index (χ0n) is 11.8. The third-order valence-corrected chi connectivity index (χ3v) is 3.43. The van der Waals surface area contributed by atoms with Crippen LogP contribution < -0.4 is 5.32 Å². The third kappa shape index (κ3) is 4.32. The van der Waals surface area contributed by atoms with E-state index in [1.807, 2.05) is 6.07 Å². The number of nitrogens with zero attached hydrogens (tertiary/aromatic N) is 1. The summed E-state index contributed by atoms with van der Waals surface area (Å²) in [6.07, 6.45) is -0.311. The molecule has 2 N–H and O–H groups in total. The normalized spacial score (nSPS) is 11.5. The molecule has 112 valence electrons. The van der Waals surface area contributed by atoms with Crippen molar-refractivity contribution in [2.24, 2.45) is 0 Å². The van der Waals surface area contributed by atoms with Gasteiger partial charge in [0.2, 0.25) is 0 Å². The van der Waals surface area contributed by atoms with Crippen molar-refractivity contribution in [3.05, 3.63) is 70.2 Å². The summed E-state index contributed by atoms with van der Waals surface area (Å²) in [5.41, 5.74) is 1.58. The first kappa shape index (κ1) is 16.0. The lowest BCUT2D eigenvalue weighted by atomic mass is 10.1. The first-order chi connectivity index (χ1) is 10.6. The van der Waals surface area contributed by atoms with Gasteiger partial charge in [-0.2, -0.15) is 5.26 Å². The minimum Gasteiger partial charge on any atom is -0.388 e. The van der Waals surface area contributed by atoms with Gasteiger partial charge in [0, 0.05) is 17.1 Å². The highest BCUT2D eigenvalue weighted by Crippen LogP contribution is 2.19. The van der Waals surface area contributed by atoms with Gasteiger partial charge >= 0.3 is 0 Å². The van der Waals surface area contributed by atoms with E-state index in [4.69, 9.17) is 16.9 Å². The molecule has 0 saturated heterocycles. The number of carbonyl (C=O) groups excluding carboxylic acids is 1. The SMILES string of the molecule is N#Cc1cccc(C(=O)NCC[C@@H](O)c2cccc(Cl)c2)c1. The van der Waals surface area contributed by atoms with E-state index in [9.17, 15) is 9.90 Å². The average molecular weight is 315 g/mol. The van der Waals surface area contributed by atoms with Crippen molar-refractivity contribution in [1.82, 2.24) is 5.32 Å². The Balaban J connectivity index is 1.88. The fourth-order valence-electron chi connectivity index (χ4n) is 2.03.